The Labute approximate surface area is 114 Å². The molecule has 0 saturated heterocycles. The van der Waals surface area contributed by atoms with E-state index in [0.29, 0.717) is 12.2 Å². The van der Waals surface area contributed by atoms with Crippen molar-refractivity contribution < 1.29 is 14.3 Å². The molecule has 2 rings (SSSR count). The van der Waals surface area contributed by atoms with E-state index in [4.69, 9.17) is 9.47 Å². The maximum absolute atomic E-state index is 11.6. The monoisotopic (exact) mass is 260 g/mol. The largest absolute Gasteiger partial charge is 0.458 e. The van der Waals surface area contributed by atoms with E-state index in [0.717, 1.165) is 6.42 Å². The Morgan fingerprint density at radius 3 is 2.37 bits per heavy atom. The van der Waals surface area contributed by atoms with Gasteiger partial charge >= 0.3 is 5.97 Å². The molecule has 0 fully saturated rings. The molecule has 3 nitrogen and oxygen atoms in total. The van der Waals surface area contributed by atoms with Crippen molar-refractivity contribution in [2.45, 2.75) is 39.9 Å². The van der Waals surface area contributed by atoms with E-state index in [9.17, 15) is 4.79 Å². The molecule has 3 heteroatoms. The fraction of sp³-hybridized carbons (Fsp3) is 0.438. The molecular formula is C16H20O3. The van der Waals surface area contributed by atoms with Gasteiger partial charge in [-0.05, 0) is 12.0 Å². The van der Waals surface area contributed by atoms with Crippen molar-refractivity contribution in [3.63, 3.8) is 0 Å². The summed E-state index contributed by atoms with van der Waals surface area (Å²) in [6.45, 7) is 5.97. The molecule has 1 atom stereocenters. The Hall–Kier alpha value is -1.77. The minimum Gasteiger partial charge on any atom is -0.458 e. The van der Waals surface area contributed by atoms with Crippen LogP contribution < -0.4 is 0 Å². The molecule has 0 unspecified atom stereocenters. The first kappa shape index (κ1) is 13.7. The van der Waals surface area contributed by atoms with Crippen LogP contribution in [0.4, 0.5) is 0 Å². The Morgan fingerprint density at radius 1 is 1.05 bits per heavy atom. The minimum absolute atomic E-state index is 0.220. The summed E-state index contributed by atoms with van der Waals surface area (Å²) in [7, 11) is 0. The summed E-state index contributed by atoms with van der Waals surface area (Å²) in [6.07, 6.45) is 2.52. The topological polar surface area (TPSA) is 35.5 Å². The van der Waals surface area contributed by atoms with Gasteiger partial charge in [0.1, 0.15) is 5.76 Å². The highest BCUT2D eigenvalue weighted by Gasteiger charge is 2.33. The lowest BCUT2D eigenvalue weighted by atomic mass is 9.95. The number of hydrogen-bond acceptors (Lipinski definition) is 3. The average Bonchev–Trinajstić information content (AvgIpc) is 2.36. The molecule has 1 aromatic rings. The highest BCUT2D eigenvalue weighted by atomic mass is 16.7. The first-order valence-electron chi connectivity index (χ1n) is 6.57. The van der Waals surface area contributed by atoms with Crippen molar-refractivity contribution in [3.05, 3.63) is 47.7 Å². The lowest BCUT2D eigenvalue weighted by Gasteiger charge is -2.33. The van der Waals surface area contributed by atoms with Gasteiger partial charge in [0.15, 0.2) is 0 Å². The van der Waals surface area contributed by atoms with Gasteiger partial charge in [-0.3, -0.25) is 0 Å². The van der Waals surface area contributed by atoms with E-state index in [1.807, 2.05) is 39.0 Å². The normalized spacial score (nSPS) is 19.4. The Morgan fingerprint density at radius 2 is 1.74 bits per heavy atom. The van der Waals surface area contributed by atoms with E-state index in [1.54, 1.807) is 0 Å². The number of carbonyl (C=O) groups is 1. The first-order chi connectivity index (χ1) is 8.95. The van der Waals surface area contributed by atoms with Gasteiger partial charge < -0.3 is 9.47 Å². The van der Waals surface area contributed by atoms with Gasteiger partial charge in [0.2, 0.25) is 6.29 Å². The van der Waals surface area contributed by atoms with Crippen molar-refractivity contribution in [2.24, 2.45) is 5.41 Å². The van der Waals surface area contributed by atoms with Gasteiger partial charge in [-0.1, -0.05) is 51.1 Å². The molecule has 0 aromatic heterocycles. The van der Waals surface area contributed by atoms with Crippen molar-refractivity contribution in [3.8, 4) is 0 Å². The third-order valence-electron chi connectivity index (χ3n) is 2.97. The number of hydrogen-bond donors (Lipinski definition) is 0. The number of esters is 1. The quantitative estimate of drug-likeness (QED) is 0.781. The van der Waals surface area contributed by atoms with E-state index >= 15 is 0 Å². The maximum atomic E-state index is 11.6. The Kier molecular flexibility index (Phi) is 3.93. The van der Waals surface area contributed by atoms with Crippen LogP contribution in [0.1, 0.15) is 32.8 Å². The van der Waals surface area contributed by atoms with Gasteiger partial charge in [-0.2, -0.15) is 0 Å². The van der Waals surface area contributed by atoms with Crippen LogP contribution in [0.5, 0.6) is 0 Å². The molecule has 0 spiro atoms. The molecule has 0 aliphatic carbocycles. The van der Waals surface area contributed by atoms with Crippen LogP contribution in [0.15, 0.2) is 42.2 Å². The van der Waals surface area contributed by atoms with Crippen LogP contribution in [0.2, 0.25) is 0 Å². The smallest absolute Gasteiger partial charge is 0.337 e. The van der Waals surface area contributed by atoms with Crippen molar-refractivity contribution >= 4 is 5.97 Å². The van der Waals surface area contributed by atoms with Crippen LogP contribution in [0, 0.1) is 5.41 Å². The average molecular weight is 260 g/mol. The van der Waals surface area contributed by atoms with E-state index in [-0.39, 0.29) is 11.4 Å². The fourth-order valence-electron chi connectivity index (χ4n) is 1.86. The molecular weight excluding hydrogens is 240 g/mol. The predicted molar refractivity (Wildman–Crippen MR) is 73.3 cm³/mol. The molecule has 0 bridgehead atoms. The molecule has 0 amide bonds. The standard InChI is InChI=1S/C16H20O3/c1-16(2,3)15-18-13(11-14(17)19-15)10-9-12-7-5-4-6-8-12/h4-8,11,15H,9-10H2,1-3H3/t15-/m1/s1. The van der Waals surface area contributed by atoms with E-state index < -0.39 is 6.29 Å². The van der Waals surface area contributed by atoms with Crippen LogP contribution in [0.25, 0.3) is 0 Å². The van der Waals surface area contributed by atoms with Gasteiger partial charge in [0.05, 0.1) is 6.08 Å². The third kappa shape index (κ3) is 3.85. The first-order valence-corrected chi connectivity index (χ1v) is 6.57. The summed E-state index contributed by atoms with van der Waals surface area (Å²) < 4.78 is 11.0. The second-order valence-corrected chi connectivity index (χ2v) is 5.85. The number of allylic oxidation sites excluding steroid dienone is 1. The zero-order valence-electron chi connectivity index (χ0n) is 11.7. The molecule has 0 saturated carbocycles. The molecule has 1 aliphatic heterocycles. The summed E-state index contributed by atoms with van der Waals surface area (Å²) in [5.74, 6) is 0.397. The Balaban J connectivity index is 1.98. The number of cyclic esters (lactones) is 1. The number of benzene rings is 1. The highest BCUT2D eigenvalue weighted by Crippen LogP contribution is 2.29. The van der Waals surface area contributed by atoms with Crippen LogP contribution >= 0.6 is 0 Å². The zero-order valence-corrected chi connectivity index (χ0v) is 11.7. The second-order valence-electron chi connectivity index (χ2n) is 5.85. The van der Waals surface area contributed by atoms with Gasteiger partial charge in [-0.15, -0.1) is 0 Å². The van der Waals surface area contributed by atoms with Crippen LogP contribution in [-0.4, -0.2) is 12.3 Å². The number of aryl methyl sites for hydroxylation is 1. The lowest BCUT2D eigenvalue weighted by Crippen LogP contribution is -2.36. The summed E-state index contributed by atoms with van der Waals surface area (Å²) >= 11 is 0. The fourth-order valence-corrected chi connectivity index (χ4v) is 1.86. The van der Waals surface area contributed by atoms with E-state index in [1.165, 1.54) is 11.6 Å². The highest BCUT2D eigenvalue weighted by molar-refractivity contribution is 5.83. The Bertz CT molecular complexity index is 469. The summed E-state index contributed by atoms with van der Waals surface area (Å²) in [5.41, 5.74) is 1.01. The predicted octanol–water partition coefficient (Wildman–Crippen LogP) is 3.45. The third-order valence-corrected chi connectivity index (χ3v) is 2.97. The summed E-state index contributed by atoms with van der Waals surface area (Å²) in [6, 6.07) is 10.2. The van der Waals surface area contributed by atoms with E-state index in [2.05, 4.69) is 12.1 Å². The van der Waals surface area contributed by atoms with Gasteiger partial charge in [0.25, 0.3) is 0 Å². The molecule has 102 valence electrons. The molecule has 1 aromatic carbocycles. The number of ether oxygens (including phenoxy) is 2. The van der Waals surface area contributed by atoms with Crippen LogP contribution in [0.3, 0.4) is 0 Å². The minimum atomic E-state index is -0.504. The van der Waals surface area contributed by atoms with Crippen molar-refractivity contribution in [2.75, 3.05) is 0 Å². The maximum Gasteiger partial charge on any atom is 0.337 e. The molecule has 1 aliphatic rings. The molecule has 1 heterocycles. The SMILES string of the molecule is CC(C)(C)[C@H]1OC(=O)C=C(CCc2ccccc2)O1. The van der Waals surface area contributed by atoms with Crippen molar-refractivity contribution in [1.82, 2.24) is 0 Å². The number of carbonyl (C=O) groups excluding carboxylic acids is 1. The van der Waals surface area contributed by atoms with Gasteiger partial charge in [-0.25, -0.2) is 4.79 Å². The molecule has 0 N–H and O–H groups in total. The van der Waals surface area contributed by atoms with Gasteiger partial charge in [0, 0.05) is 11.8 Å². The van der Waals surface area contributed by atoms with Crippen molar-refractivity contribution in [1.29, 1.82) is 0 Å². The molecule has 0 radical (unpaired) electrons. The van der Waals surface area contributed by atoms with Crippen LogP contribution in [-0.2, 0) is 20.7 Å². The molecule has 19 heavy (non-hydrogen) atoms. The summed E-state index contributed by atoms with van der Waals surface area (Å²) in [5, 5.41) is 0. The second kappa shape index (κ2) is 5.47. The number of rotatable bonds is 3. The summed E-state index contributed by atoms with van der Waals surface area (Å²) in [4.78, 5) is 11.6. The zero-order chi connectivity index (χ0) is 13.9. The lowest BCUT2D eigenvalue weighted by molar-refractivity contribution is -0.195.